The summed E-state index contributed by atoms with van der Waals surface area (Å²) >= 11 is 0. The fourth-order valence-corrected chi connectivity index (χ4v) is 2.15. The molecule has 1 aromatic rings. The molecule has 23 heavy (non-hydrogen) atoms. The molecular weight excluding hydrogens is 313 g/mol. The van der Waals surface area contributed by atoms with Crippen LogP contribution in [-0.2, 0) is 20.5 Å². The van der Waals surface area contributed by atoms with Crippen LogP contribution in [0.4, 0.5) is 13.2 Å². The summed E-state index contributed by atoms with van der Waals surface area (Å²) in [5, 5.41) is 2.49. The highest BCUT2D eigenvalue weighted by Crippen LogP contribution is 2.29. The first-order chi connectivity index (χ1) is 10.7. The van der Waals surface area contributed by atoms with E-state index in [1.165, 1.54) is 18.2 Å². The van der Waals surface area contributed by atoms with Crippen LogP contribution in [0.15, 0.2) is 30.3 Å². The highest BCUT2D eigenvalue weighted by atomic mass is 19.4. The van der Waals surface area contributed by atoms with Crippen LogP contribution in [0.2, 0.25) is 0 Å². The molecule has 8 heteroatoms. The third-order valence-electron chi connectivity index (χ3n) is 3.52. The number of primary amides is 1. The number of alkyl halides is 3. The fraction of sp³-hybridized carbons (Fsp3) is 0.333. The summed E-state index contributed by atoms with van der Waals surface area (Å²) in [6, 6.07) is 4.34. The van der Waals surface area contributed by atoms with Crippen LogP contribution < -0.4 is 11.1 Å². The van der Waals surface area contributed by atoms with Crippen molar-refractivity contribution < 1.29 is 27.5 Å². The number of carbonyl (C=O) groups excluding carboxylic acids is 2. The molecule has 0 spiro atoms. The number of carbonyl (C=O) groups is 2. The third kappa shape index (κ3) is 4.10. The summed E-state index contributed by atoms with van der Waals surface area (Å²) in [5.74, 6) is -1.26. The van der Waals surface area contributed by atoms with Gasteiger partial charge in [0.25, 0.3) is 0 Å². The lowest BCUT2D eigenvalue weighted by molar-refractivity contribution is -0.137. The van der Waals surface area contributed by atoms with Crippen molar-refractivity contribution >= 4 is 17.9 Å². The van der Waals surface area contributed by atoms with E-state index in [2.05, 4.69) is 5.32 Å². The van der Waals surface area contributed by atoms with Gasteiger partial charge in [-0.1, -0.05) is 12.1 Å². The van der Waals surface area contributed by atoms with E-state index in [0.29, 0.717) is 12.2 Å². The molecule has 0 saturated carbocycles. The maximum Gasteiger partial charge on any atom is 0.416 e. The van der Waals surface area contributed by atoms with E-state index in [0.717, 1.165) is 18.2 Å². The van der Waals surface area contributed by atoms with Crippen LogP contribution >= 0.6 is 0 Å². The molecular formula is C15H15F3N2O3. The number of nitrogens with one attached hydrogen (secondary N) is 1. The van der Waals surface area contributed by atoms with Gasteiger partial charge in [0, 0.05) is 19.1 Å². The largest absolute Gasteiger partial charge is 0.416 e. The standard InChI is InChI=1S/C15H15F3N2O3/c16-15(17,18)11-4-1-10(2-5-11)3-6-12(21)20-14(13(19)22)7-8-23-9-14/h1-6H,7-9H2,(H2,19,22)(H,20,21)/b6-3+. The second-order valence-electron chi connectivity index (χ2n) is 5.19. The molecule has 2 amide bonds. The molecule has 1 atom stereocenters. The number of ether oxygens (including phenoxy) is 1. The first kappa shape index (κ1) is 17.0. The first-order valence-corrected chi connectivity index (χ1v) is 6.78. The van der Waals surface area contributed by atoms with E-state index in [1.54, 1.807) is 0 Å². The van der Waals surface area contributed by atoms with Crippen molar-refractivity contribution in [1.29, 1.82) is 0 Å². The van der Waals surface area contributed by atoms with E-state index >= 15 is 0 Å². The highest BCUT2D eigenvalue weighted by Gasteiger charge is 2.41. The van der Waals surface area contributed by atoms with Crippen LogP contribution in [0.1, 0.15) is 17.5 Å². The van der Waals surface area contributed by atoms with Crippen molar-refractivity contribution in [2.45, 2.75) is 18.1 Å². The van der Waals surface area contributed by atoms with Crippen LogP contribution in [-0.4, -0.2) is 30.6 Å². The van der Waals surface area contributed by atoms with Gasteiger partial charge in [-0.25, -0.2) is 0 Å². The van der Waals surface area contributed by atoms with E-state index in [4.69, 9.17) is 10.5 Å². The number of rotatable bonds is 4. The molecule has 0 aliphatic carbocycles. The molecule has 1 aliphatic heterocycles. The molecule has 5 nitrogen and oxygen atoms in total. The molecule has 1 saturated heterocycles. The summed E-state index contributed by atoms with van der Waals surface area (Å²) in [6.45, 7) is 0.314. The van der Waals surface area contributed by atoms with E-state index in [1.807, 2.05) is 0 Å². The Morgan fingerprint density at radius 1 is 1.26 bits per heavy atom. The zero-order valence-corrected chi connectivity index (χ0v) is 12.0. The Kier molecular flexibility index (Phi) is 4.74. The number of hydrogen-bond acceptors (Lipinski definition) is 3. The number of nitrogens with two attached hydrogens (primary N) is 1. The van der Waals surface area contributed by atoms with E-state index in [9.17, 15) is 22.8 Å². The third-order valence-corrected chi connectivity index (χ3v) is 3.52. The zero-order valence-electron chi connectivity index (χ0n) is 12.0. The Balaban J connectivity index is 2.02. The van der Waals surface area contributed by atoms with Crippen LogP contribution in [0, 0.1) is 0 Å². The summed E-state index contributed by atoms with van der Waals surface area (Å²) in [5.41, 5.74) is 3.70. The van der Waals surface area contributed by atoms with Gasteiger partial charge in [-0.05, 0) is 23.8 Å². The lowest BCUT2D eigenvalue weighted by Gasteiger charge is -2.23. The van der Waals surface area contributed by atoms with Crippen LogP contribution in [0.3, 0.4) is 0 Å². The SMILES string of the molecule is NC(=O)C1(NC(=O)/C=C/c2ccc(C(F)(F)F)cc2)CCOC1. The Labute approximate surface area is 130 Å². The average Bonchev–Trinajstić information content (AvgIpc) is 2.94. The Morgan fingerprint density at radius 3 is 2.39 bits per heavy atom. The molecule has 0 aromatic heterocycles. The molecule has 1 heterocycles. The minimum atomic E-state index is -4.41. The normalized spacial score (nSPS) is 21.5. The molecule has 0 bridgehead atoms. The minimum absolute atomic E-state index is 0.00218. The number of halogens is 3. The van der Waals surface area contributed by atoms with Crippen molar-refractivity contribution in [3.8, 4) is 0 Å². The minimum Gasteiger partial charge on any atom is -0.378 e. The van der Waals surface area contributed by atoms with Gasteiger partial charge in [-0.15, -0.1) is 0 Å². The topological polar surface area (TPSA) is 81.4 Å². The number of hydrogen-bond donors (Lipinski definition) is 2. The van der Waals surface area contributed by atoms with Crippen molar-refractivity contribution in [3.05, 3.63) is 41.5 Å². The molecule has 1 unspecified atom stereocenters. The lowest BCUT2D eigenvalue weighted by Crippen LogP contribution is -2.57. The number of amides is 2. The Morgan fingerprint density at radius 2 is 1.91 bits per heavy atom. The first-order valence-electron chi connectivity index (χ1n) is 6.78. The fourth-order valence-electron chi connectivity index (χ4n) is 2.15. The molecule has 3 N–H and O–H groups in total. The second-order valence-corrected chi connectivity index (χ2v) is 5.19. The average molecular weight is 328 g/mol. The highest BCUT2D eigenvalue weighted by molar-refractivity contribution is 5.97. The van der Waals surface area contributed by atoms with Gasteiger partial charge in [-0.3, -0.25) is 9.59 Å². The maximum atomic E-state index is 12.4. The van der Waals surface area contributed by atoms with Gasteiger partial charge in [-0.2, -0.15) is 13.2 Å². The predicted molar refractivity (Wildman–Crippen MR) is 76.0 cm³/mol. The van der Waals surface area contributed by atoms with E-state index < -0.39 is 29.1 Å². The molecule has 1 aliphatic rings. The van der Waals surface area contributed by atoms with E-state index in [-0.39, 0.29) is 13.0 Å². The van der Waals surface area contributed by atoms with Crippen molar-refractivity contribution in [3.63, 3.8) is 0 Å². The molecule has 2 rings (SSSR count). The summed E-state index contributed by atoms with van der Waals surface area (Å²) < 4.78 is 42.4. The van der Waals surface area contributed by atoms with Gasteiger partial charge in [0.05, 0.1) is 12.2 Å². The maximum absolute atomic E-state index is 12.4. The summed E-state index contributed by atoms with van der Waals surface area (Å²) in [7, 11) is 0. The second kappa shape index (κ2) is 6.41. The van der Waals surface area contributed by atoms with Crippen LogP contribution in [0.25, 0.3) is 6.08 Å². The number of benzene rings is 1. The molecule has 1 fully saturated rings. The summed E-state index contributed by atoms with van der Waals surface area (Å²) in [6.07, 6.45) is -1.65. The Bertz CT molecular complexity index is 618. The van der Waals surface area contributed by atoms with Crippen LogP contribution in [0.5, 0.6) is 0 Å². The monoisotopic (exact) mass is 328 g/mol. The van der Waals surface area contributed by atoms with Gasteiger partial charge < -0.3 is 15.8 Å². The van der Waals surface area contributed by atoms with Gasteiger partial charge in [0.15, 0.2) is 0 Å². The molecule has 124 valence electrons. The lowest BCUT2D eigenvalue weighted by atomic mass is 9.98. The van der Waals surface area contributed by atoms with Gasteiger partial charge in [0.2, 0.25) is 11.8 Å². The van der Waals surface area contributed by atoms with Crippen molar-refractivity contribution in [2.75, 3.05) is 13.2 Å². The summed E-state index contributed by atoms with van der Waals surface area (Å²) in [4.78, 5) is 23.3. The smallest absolute Gasteiger partial charge is 0.378 e. The van der Waals surface area contributed by atoms with Crippen molar-refractivity contribution in [1.82, 2.24) is 5.32 Å². The zero-order chi connectivity index (χ0) is 17.1. The molecule has 1 aromatic carbocycles. The molecule has 0 radical (unpaired) electrons. The van der Waals surface area contributed by atoms with Gasteiger partial charge in [0.1, 0.15) is 5.54 Å². The van der Waals surface area contributed by atoms with Gasteiger partial charge >= 0.3 is 6.18 Å². The Hall–Kier alpha value is -2.35. The van der Waals surface area contributed by atoms with Crippen molar-refractivity contribution in [2.24, 2.45) is 5.73 Å². The quantitative estimate of drug-likeness (QED) is 0.822. The predicted octanol–water partition coefficient (Wildman–Crippen LogP) is 1.48.